The van der Waals surface area contributed by atoms with E-state index in [-0.39, 0.29) is 9.28 Å². The molecule has 1 heterocycles. The molecule has 16 heavy (non-hydrogen) atoms. The fraction of sp³-hybridized carbons (Fsp3) is 1.00. The van der Waals surface area contributed by atoms with Crippen molar-refractivity contribution in [2.75, 3.05) is 6.61 Å². The normalized spacial score (nSPS) is 31.5. The van der Waals surface area contributed by atoms with E-state index in [1.165, 1.54) is 37.4 Å². The van der Waals surface area contributed by atoms with E-state index in [0.29, 0.717) is 12.1 Å². The molecule has 0 aromatic carbocycles. The highest BCUT2D eigenvalue weighted by molar-refractivity contribution is 7.22. The zero-order chi connectivity index (χ0) is 12.0. The summed E-state index contributed by atoms with van der Waals surface area (Å²) in [5.74, 6) is 0. The van der Waals surface area contributed by atoms with Crippen molar-refractivity contribution in [3.8, 4) is 0 Å². The monoisotopic (exact) mass is 260 g/mol. The van der Waals surface area contributed by atoms with Gasteiger partial charge in [0.25, 0.3) is 0 Å². The van der Waals surface area contributed by atoms with Crippen molar-refractivity contribution < 1.29 is 4.43 Å². The summed E-state index contributed by atoms with van der Waals surface area (Å²) in [5.41, 5.74) is 11.8. The Morgan fingerprint density at radius 1 is 1.19 bits per heavy atom. The lowest BCUT2D eigenvalue weighted by atomic mass is 10.3. The maximum atomic E-state index is 5.90. The fourth-order valence-corrected chi connectivity index (χ4v) is 12.5. The predicted molar refractivity (Wildman–Crippen MR) is 75.8 cm³/mol. The van der Waals surface area contributed by atoms with E-state index in [1.807, 2.05) is 0 Å². The van der Waals surface area contributed by atoms with Crippen molar-refractivity contribution >= 4 is 16.9 Å². The summed E-state index contributed by atoms with van der Waals surface area (Å²) in [6, 6.07) is 4.98. The van der Waals surface area contributed by atoms with E-state index in [1.54, 1.807) is 0 Å². The van der Waals surface area contributed by atoms with Crippen LogP contribution in [0.15, 0.2) is 0 Å². The van der Waals surface area contributed by atoms with Gasteiger partial charge in [-0.15, -0.1) is 0 Å². The molecular formula is C11H28N2OSi2. The maximum Gasteiger partial charge on any atom is 0.151 e. The summed E-state index contributed by atoms with van der Waals surface area (Å²) in [6.07, 6.45) is 3.68. The molecule has 0 aromatic rings. The van der Waals surface area contributed by atoms with Gasteiger partial charge < -0.3 is 15.9 Å². The van der Waals surface area contributed by atoms with Crippen molar-refractivity contribution in [1.29, 1.82) is 0 Å². The van der Waals surface area contributed by atoms with E-state index in [2.05, 4.69) is 13.8 Å². The summed E-state index contributed by atoms with van der Waals surface area (Å²) >= 11 is 0. The average Bonchev–Trinajstić information content (AvgIpc) is 2.25. The van der Waals surface area contributed by atoms with Crippen LogP contribution in [0.5, 0.6) is 0 Å². The zero-order valence-corrected chi connectivity index (χ0v) is 13.3. The first-order valence-corrected chi connectivity index (χ1v) is 12.2. The van der Waals surface area contributed by atoms with E-state index < -0.39 is 7.59 Å². The first-order chi connectivity index (χ1) is 7.54. The van der Waals surface area contributed by atoms with Crippen LogP contribution in [-0.4, -0.2) is 35.6 Å². The van der Waals surface area contributed by atoms with Gasteiger partial charge in [-0.1, -0.05) is 18.1 Å². The van der Waals surface area contributed by atoms with Crippen LogP contribution in [0.3, 0.4) is 0 Å². The molecule has 0 radical (unpaired) electrons. The molecule has 96 valence electrons. The highest BCUT2D eigenvalue weighted by Gasteiger charge is 2.35. The van der Waals surface area contributed by atoms with Crippen molar-refractivity contribution in [3.63, 3.8) is 0 Å². The Hall–Kier alpha value is 0.314. The number of hydrogen-bond donors (Lipinski definition) is 2. The minimum Gasteiger partial charge on any atom is -0.427 e. The van der Waals surface area contributed by atoms with Gasteiger partial charge in [0.1, 0.15) is 0 Å². The van der Waals surface area contributed by atoms with Crippen molar-refractivity contribution in [1.82, 2.24) is 0 Å². The first kappa shape index (κ1) is 14.4. The van der Waals surface area contributed by atoms with Gasteiger partial charge in [-0.2, -0.15) is 0 Å². The molecule has 0 spiro atoms. The van der Waals surface area contributed by atoms with Crippen LogP contribution in [0.1, 0.15) is 33.1 Å². The molecule has 0 bridgehead atoms. The maximum absolute atomic E-state index is 5.90. The molecule has 1 rings (SSSR count). The predicted octanol–water partition coefficient (Wildman–Crippen LogP) is 0.911. The zero-order valence-electron chi connectivity index (χ0n) is 10.9. The molecule has 1 saturated heterocycles. The van der Waals surface area contributed by atoms with Crippen LogP contribution in [-0.2, 0) is 4.43 Å². The molecule has 2 unspecified atom stereocenters. The highest BCUT2D eigenvalue weighted by atomic mass is 29.2. The molecule has 3 nitrogen and oxygen atoms in total. The summed E-state index contributed by atoms with van der Waals surface area (Å²) in [5, 5.41) is 0. The lowest BCUT2D eigenvalue weighted by molar-refractivity contribution is 0.332. The van der Waals surface area contributed by atoms with Gasteiger partial charge in [0.05, 0.1) is 7.59 Å². The molecular weight excluding hydrogens is 232 g/mol. The quantitative estimate of drug-likeness (QED) is 0.698. The van der Waals surface area contributed by atoms with Crippen LogP contribution in [0.4, 0.5) is 0 Å². The van der Waals surface area contributed by atoms with Crippen LogP contribution in [0.25, 0.3) is 0 Å². The molecule has 2 atom stereocenters. The molecule has 0 aliphatic carbocycles. The highest BCUT2D eigenvalue weighted by Crippen LogP contribution is 2.29. The largest absolute Gasteiger partial charge is 0.427 e. The van der Waals surface area contributed by atoms with Crippen molar-refractivity contribution in [3.05, 3.63) is 0 Å². The minimum atomic E-state index is -1.05. The molecule has 1 aliphatic heterocycles. The van der Waals surface area contributed by atoms with E-state index >= 15 is 0 Å². The lowest BCUT2D eigenvalue weighted by Gasteiger charge is -2.35. The minimum absolute atomic E-state index is 0.243. The van der Waals surface area contributed by atoms with Crippen LogP contribution < -0.4 is 11.5 Å². The Kier molecular flexibility index (Phi) is 6.21. The van der Waals surface area contributed by atoms with Gasteiger partial charge >= 0.3 is 0 Å². The molecule has 1 aliphatic rings. The van der Waals surface area contributed by atoms with Crippen LogP contribution in [0.2, 0.25) is 18.1 Å². The third kappa shape index (κ3) is 5.10. The molecule has 0 amide bonds. The average molecular weight is 261 g/mol. The Labute approximate surface area is 103 Å². The lowest BCUT2D eigenvalue weighted by Crippen LogP contribution is -2.48. The van der Waals surface area contributed by atoms with Gasteiger partial charge in [-0.05, 0) is 33.1 Å². The Morgan fingerprint density at radius 3 is 2.12 bits per heavy atom. The molecule has 1 fully saturated rings. The topological polar surface area (TPSA) is 61.3 Å². The Balaban J connectivity index is 2.45. The first-order valence-electron chi connectivity index (χ1n) is 6.63. The van der Waals surface area contributed by atoms with Gasteiger partial charge in [-0.25, -0.2) is 0 Å². The smallest absolute Gasteiger partial charge is 0.151 e. The second-order valence-corrected chi connectivity index (χ2v) is 16.3. The Morgan fingerprint density at radius 2 is 1.75 bits per heavy atom. The van der Waals surface area contributed by atoms with Gasteiger partial charge in [0, 0.05) is 18.7 Å². The van der Waals surface area contributed by atoms with Gasteiger partial charge in [0.15, 0.2) is 9.28 Å². The van der Waals surface area contributed by atoms with E-state index in [4.69, 9.17) is 15.9 Å². The third-order valence-electron chi connectivity index (χ3n) is 3.66. The second kappa shape index (κ2) is 6.91. The number of rotatable bonds is 6. The van der Waals surface area contributed by atoms with Crippen LogP contribution >= 0.6 is 0 Å². The summed E-state index contributed by atoms with van der Waals surface area (Å²) in [7, 11) is -1.29. The second-order valence-electron chi connectivity index (χ2n) is 5.69. The summed E-state index contributed by atoms with van der Waals surface area (Å²) in [4.78, 5) is 0. The standard InChI is InChI=1S/C11H28N2OSi2/c1-10(12)4-8-16(9-5-11(2)13)7-3-6-14-15-16/h10-11H,3-9,12-13,15H2,1-2H3. The van der Waals surface area contributed by atoms with Crippen molar-refractivity contribution in [2.24, 2.45) is 11.5 Å². The van der Waals surface area contributed by atoms with E-state index in [0.717, 1.165) is 6.61 Å². The van der Waals surface area contributed by atoms with E-state index in [9.17, 15) is 0 Å². The van der Waals surface area contributed by atoms with Gasteiger partial charge in [0.2, 0.25) is 0 Å². The summed E-state index contributed by atoms with van der Waals surface area (Å²) in [6.45, 7) is 5.27. The molecule has 5 heteroatoms. The Bertz CT molecular complexity index is 180. The number of hydrogen-bond acceptors (Lipinski definition) is 3. The third-order valence-corrected chi connectivity index (χ3v) is 14.5. The summed E-state index contributed by atoms with van der Waals surface area (Å²) < 4.78 is 5.87. The molecule has 4 N–H and O–H groups in total. The van der Waals surface area contributed by atoms with Gasteiger partial charge in [-0.3, -0.25) is 0 Å². The molecule has 0 saturated carbocycles. The SMILES string of the molecule is CC(N)CC[Si]1(CCC(C)N)CCCO[SiH2]1. The molecule has 0 aromatic heterocycles. The number of nitrogens with two attached hydrogens (primary N) is 2. The van der Waals surface area contributed by atoms with Crippen molar-refractivity contribution in [2.45, 2.75) is 63.3 Å². The van der Waals surface area contributed by atoms with Crippen LogP contribution in [0, 0.1) is 0 Å². The fourth-order valence-electron chi connectivity index (χ4n) is 2.50.